The van der Waals surface area contributed by atoms with Crippen LogP contribution in [0.2, 0.25) is 0 Å². The molecule has 0 N–H and O–H groups in total. The molecule has 0 unspecified atom stereocenters. The maximum atomic E-state index is 13.2. The van der Waals surface area contributed by atoms with Crippen LogP contribution in [0.4, 0.5) is 4.39 Å². The van der Waals surface area contributed by atoms with E-state index in [0.29, 0.717) is 22.6 Å². The Hall–Kier alpha value is -0.790. The minimum atomic E-state index is -3.63. The Morgan fingerprint density at radius 3 is 2.11 bits per heavy atom. The minimum absolute atomic E-state index is 0.168. The largest absolute Gasteiger partial charge is 0.259 e. The Bertz CT molecular complexity index is 595. The molecule has 0 aromatic heterocycles. The van der Waals surface area contributed by atoms with E-state index < -0.39 is 26.6 Å². The van der Waals surface area contributed by atoms with Gasteiger partial charge < -0.3 is 0 Å². The molecule has 106 valence electrons. The second-order valence-electron chi connectivity index (χ2n) is 4.62. The minimum Gasteiger partial charge on any atom is -0.259 e. The average molecular weight is 305 g/mol. The topological polar surface area (TPSA) is 54.5 Å². The third-order valence-corrected chi connectivity index (χ3v) is 6.64. The Morgan fingerprint density at radius 2 is 1.63 bits per heavy atom. The molecule has 0 spiro atoms. The summed E-state index contributed by atoms with van der Waals surface area (Å²) >= 11 is 0. The molecule has 1 fully saturated rings. The molecule has 1 saturated heterocycles. The third-order valence-electron chi connectivity index (χ3n) is 3.16. The van der Waals surface area contributed by atoms with Gasteiger partial charge in [0.05, 0.1) is 4.90 Å². The molecule has 1 aliphatic heterocycles. The van der Waals surface area contributed by atoms with Crippen molar-refractivity contribution in [2.45, 2.75) is 18.7 Å². The van der Waals surface area contributed by atoms with Gasteiger partial charge in [0.1, 0.15) is 5.82 Å². The van der Waals surface area contributed by atoms with Crippen molar-refractivity contribution in [3.63, 3.8) is 0 Å². The van der Waals surface area contributed by atoms with Crippen molar-refractivity contribution < 1.29 is 17.0 Å². The first-order valence-corrected chi connectivity index (χ1v) is 8.87. The van der Waals surface area contributed by atoms with Gasteiger partial charge in [-0.15, -0.1) is 0 Å². The van der Waals surface area contributed by atoms with E-state index in [1.54, 1.807) is 13.8 Å². The molecule has 0 saturated carbocycles. The van der Waals surface area contributed by atoms with Crippen molar-refractivity contribution >= 4 is 20.8 Å². The summed E-state index contributed by atoms with van der Waals surface area (Å²) in [5.74, 6) is 0.283. The van der Waals surface area contributed by atoms with Gasteiger partial charge >= 0.3 is 0 Å². The highest BCUT2D eigenvalue weighted by molar-refractivity contribution is 7.89. The van der Waals surface area contributed by atoms with Crippen LogP contribution in [0.3, 0.4) is 0 Å². The molecule has 0 aliphatic carbocycles. The highest BCUT2D eigenvalue weighted by atomic mass is 32.2. The van der Waals surface area contributed by atoms with E-state index in [4.69, 9.17) is 0 Å². The summed E-state index contributed by atoms with van der Waals surface area (Å²) in [5.41, 5.74) is 0.813. The van der Waals surface area contributed by atoms with Crippen LogP contribution in [0.1, 0.15) is 11.1 Å². The molecular formula is C12H16FNO3S2. The van der Waals surface area contributed by atoms with Gasteiger partial charge in [0.25, 0.3) is 0 Å². The van der Waals surface area contributed by atoms with E-state index >= 15 is 0 Å². The zero-order valence-electron chi connectivity index (χ0n) is 10.8. The highest BCUT2D eigenvalue weighted by Gasteiger charge is 2.30. The van der Waals surface area contributed by atoms with Crippen molar-refractivity contribution in [1.29, 1.82) is 0 Å². The molecule has 0 radical (unpaired) electrons. The second-order valence-corrected chi connectivity index (χ2v) is 8.19. The van der Waals surface area contributed by atoms with Crippen LogP contribution in [-0.2, 0) is 20.8 Å². The lowest BCUT2D eigenvalue weighted by Crippen LogP contribution is -2.42. The molecule has 1 aromatic carbocycles. The number of aryl methyl sites for hydroxylation is 2. The van der Waals surface area contributed by atoms with Crippen LogP contribution >= 0.6 is 0 Å². The monoisotopic (exact) mass is 305 g/mol. The van der Waals surface area contributed by atoms with Crippen molar-refractivity contribution in [3.05, 3.63) is 29.1 Å². The lowest BCUT2D eigenvalue weighted by Gasteiger charge is -2.27. The van der Waals surface area contributed by atoms with E-state index in [1.807, 2.05) is 0 Å². The van der Waals surface area contributed by atoms with Gasteiger partial charge in [-0.3, -0.25) is 4.21 Å². The Kier molecular flexibility index (Phi) is 4.08. The molecule has 4 nitrogen and oxygen atoms in total. The van der Waals surface area contributed by atoms with Gasteiger partial charge in [0.2, 0.25) is 10.0 Å². The molecule has 2 rings (SSSR count). The first-order chi connectivity index (χ1) is 8.82. The van der Waals surface area contributed by atoms with Crippen LogP contribution < -0.4 is 0 Å². The van der Waals surface area contributed by atoms with Crippen molar-refractivity contribution in [2.75, 3.05) is 24.6 Å². The molecular weight excluding hydrogens is 289 g/mol. The summed E-state index contributed by atoms with van der Waals surface area (Å²) in [6.45, 7) is 3.69. The highest BCUT2D eigenvalue weighted by Crippen LogP contribution is 2.25. The molecule has 1 aliphatic rings. The van der Waals surface area contributed by atoms with Crippen LogP contribution in [0.25, 0.3) is 0 Å². The zero-order chi connectivity index (χ0) is 14.2. The van der Waals surface area contributed by atoms with Gasteiger partial charge in [-0.05, 0) is 37.1 Å². The van der Waals surface area contributed by atoms with Crippen LogP contribution in [0, 0.1) is 19.7 Å². The summed E-state index contributed by atoms with van der Waals surface area (Å²) in [7, 11) is -4.56. The number of halogens is 1. The molecule has 7 heteroatoms. The summed E-state index contributed by atoms with van der Waals surface area (Å²) in [5, 5.41) is 0. The van der Waals surface area contributed by atoms with Gasteiger partial charge in [-0.2, -0.15) is 4.31 Å². The molecule has 0 atom stereocenters. The first-order valence-electron chi connectivity index (χ1n) is 5.94. The molecule has 0 amide bonds. The second kappa shape index (κ2) is 5.30. The van der Waals surface area contributed by atoms with E-state index in [2.05, 4.69) is 0 Å². The normalized spacial score (nSPS) is 18.7. The fourth-order valence-corrected chi connectivity index (χ4v) is 5.43. The lowest BCUT2D eigenvalue weighted by molar-refractivity contribution is 0.438. The summed E-state index contributed by atoms with van der Waals surface area (Å²) in [6.07, 6.45) is 0. The van der Waals surface area contributed by atoms with Gasteiger partial charge in [0.15, 0.2) is 0 Å². The van der Waals surface area contributed by atoms with Crippen molar-refractivity contribution in [1.82, 2.24) is 4.31 Å². The number of sulfonamides is 1. The first kappa shape index (κ1) is 14.6. The Morgan fingerprint density at radius 1 is 1.16 bits per heavy atom. The summed E-state index contributed by atoms with van der Waals surface area (Å²) < 4.78 is 51.0. The van der Waals surface area contributed by atoms with Crippen LogP contribution in [0.5, 0.6) is 0 Å². The average Bonchev–Trinajstić information content (AvgIpc) is 2.27. The number of hydrogen-bond donors (Lipinski definition) is 0. The Balaban J connectivity index is 2.43. The predicted octanol–water partition coefficient (Wildman–Crippen LogP) is 1.20. The Labute approximate surface area is 115 Å². The molecule has 1 heterocycles. The van der Waals surface area contributed by atoms with Crippen LogP contribution in [-0.4, -0.2) is 41.5 Å². The third kappa shape index (κ3) is 2.88. The molecule has 1 aromatic rings. The van der Waals surface area contributed by atoms with Crippen molar-refractivity contribution in [3.8, 4) is 0 Å². The molecule has 0 bridgehead atoms. The fourth-order valence-electron chi connectivity index (χ4n) is 2.29. The standard InChI is InChI=1S/C12H16FNO3S2/c1-9-7-11(13)8-10(2)12(9)19(16,17)14-3-5-18(15)6-4-14/h7-8H,3-6H2,1-2H3. The van der Waals surface area contributed by atoms with E-state index in [1.165, 1.54) is 16.4 Å². The SMILES string of the molecule is Cc1cc(F)cc(C)c1S(=O)(=O)N1CCS(=O)CC1. The van der Waals surface area contributed by atoms with Crippen molar-refractivity contribution in [2.24, 2.45) is 0 Å². The smallest absolute Gasteiger partial charge is 0.243 e. The maximum Gasteiger partial charge on any atom is 0.243 e. The quantitative estimate of drug-likeness (QED) is 0.825. The number of nitrogens with zero attached hydrogens (tertiary/aromatic N) is 1. The maximum absolute atomic E-state index is 13.2. The van der Waals surface area contributed by atoms with Crippen LogP contribution in [0.15, 0.2) is 17.0 Å². The molecule has 19 heavy (non-hydrogen) atoms. The van der Waals surface area contributed by atoms with E-state index in [9.17, 15) is 17.0 Å². The summed E-state index contributed by atoms with van der Waals surface area (Å²) in [6, 6.07) is 2.45. The summed E-state index contributed by atoms with van der Waals surface area (Å²) in [4.78, 5) is 0.168. The van der Waals surface area contributed by atoms with Gasteiger partial charge in [0, 0.05) is 35.4 Å². The number of rotatable bonds is 2. The number of benzene rings is 1. The van der Waals surface area contributed by atoms with Gasteiger partial charge in [-0.25, -0.2) is 12.8 Å². The predicted molar refractivity (Wildman–Crippen MR) is 72.5 cm³/mol. The van der Waals surface area contributed by atoms with Gasteiger partial charge in [-0.1, -0.05) is 0 Å². The number of hydrogen-bond acceptors (Lipinski definition) is 3. The van der Waals surface area contributed by atoms with E-state index in [-0.39, 0.29) is 18.0 Å². The lowest BCUT2D eigenvalue weighted by atomic mass is 10.1. The van der Waals surface area contributed by atoms with E-state index in [0.717, 1.165) is 0 Å². The fraction of sp³-hybridized carbons (Fsp3) is 0.500. The zero-order valence-corrected chi connectivity index (χ0v) is 12.5.